The number of nitrogens with zero attached hydrogens (tertiary/aromatic N) is 4. The molecular weight excluding hydrogens is 349 g/mol. The fourth-order valence-electron chi connectivity index (χ4n) is 2.68. The summed E-state index contributed by atoms with van der Waals surface area (Å²) in [4.78, 5) is 6.77. The van der Waals surface area contributed by atoms with Crippen molar-refractivity contribution in [3.05, 3.63) is 24.0 Å². The predicted molar refractivity (Wildman–Crippen MR) is 93.2 cm³/mol. The molecule has 0 radical (unpaired) electrons. The molecule has 1 aliphatic rings. The lowest BCUT2D eigenvalue weighted by Crippen LogP contribution is -2.37. The third-order valence-electron chi connectivity index (χ3n) is 3.85. The van der Waals surface area contributed by atoms with Gasteiger partial charge in [-0.1, -0.05) is 0 Å². The largest absolute Gasteiger partial charge is 0.493 e. The van der Waals surface area contributed by atoms with Crippen molar-refractivity contribution in [2.75, 3.05) is 33.4 Å². The molecule has 0 aliphatic carbocycles. The number of hydroxylamine groups is 1. The molecule has 1 aliphatic heterocycles. The van der Waals surface area contributed by atoms with Gasteiger partial charge in [0.15, 0.2) is 5.69 Å². The first-order valence-electron chi connectivity index (χ1n) is 7.65. The molecule has 0 bridgehead atoms. The smallest absolute Gasteiger partial charge is 0.237 e. The van der Waals surface area contributed by atoms with Crippen molar-refractivity contribution in [3.63, 3.8) is 0 Å². The molecule has 1 fully saturated rings. The molecule has 0 saturated carbocycles. The maximum Gasteiger partial charge on any atom is 0.237 e. The minimum atomic E-state index is -0.426. The van der Waals surface area contributed by atoms with Crippen LogP contribution in [0.2, 0.25) is 0 Å². The third-order valence-corrected chi connectivity index (χ3v) is 4.01. The summed E-state index contributed by atoms with van der Waals surface area (Å²) in [5, 5.41) is 18.8. The van der Waals surface area contributed by atoms with Crippen molar-refractivity contribution >= 4 is 33.9 Å². The van der Waals surface area contributed by atoms with Crippen LogP contribution in [0.5, 0.6) is 5.88 Å². The summed E-state index contributed by atoms with van der Waals surface area (Å²) >= 11 is 4.90. The minimum absolute atomic E-state index is 0.00705. The lowest BCUT2D eigenvalue weighted by atomic mass is 10.2. The van der Waals surface area contributed by atoms with E-state index in [0.29, 0.717) is 30.8 Å². The molecule has 1 saturated heterocycles. The first-order chi connectivity index (χ1) is 12.1. The molecule has 2 N–H and O–H groups in total. The summed E-state index contributed by atoms with van der Waals surface area (Å²) in [6.07, 6.45) is 0. The summed E-state index contributed by atoms with van der Waals surface area (Å²) in [7, 11) is 1.39. The van der Waals surface area contributed by atoms with Gasteiger partial charge in [-0.25, -0.2) is 9.87 Å². The highest BCUT2D eigenvalue weighted by Crippen LogP contribution is 2.39. The van der Waals surface area contributed by atoms with Crippen molar-refractivity contribution in [2.45, 2.75) is 6.67 Å². The summed E-state index contributed by atoms with van der Waals surface area (Å²) in [6, 6.07) is 4.26. The molecule has 3 rings (SSSR count). The van der Waals surface area contributed by atoms with Gasteiger partial charge < -0.3 is 9.84 Å². The number of rotatable bonds is 4. The zero-order valence-electron chi connectivity index (χ0n) is 13.6. The van der Waals surface area contributed by atoms with Crippen LogP contribution in [0, 0.1) is 5.82 Å². The second kappa shape index (κ2) is 7.83. The number of halogens is 1. The zero-order chi connectivity index (χ0) is 17.8. The summed E-state index contributed by atoms with van der Waals surface area (Å²) in [5.74, 6) is -0.527. The average Bonchev–Trinajstić information content (AvgIpc) is 2.85. The van der Waals surface area contributed by atoms with Gasteiger partial charge in [0, 0.05) is 18.5 Å². The van der Waals surface area contributed by atoms with E-state index in [0.717, 1.165) is 13.1 Å². The van der Waals surface area contributed by atoms with Gasteiger partial charge in [0.2, 0.25) is 11.0 Å². The van der Waals surface area contributed by atoms with Gasteiger partial charge in [-0.05, 0) is 30.4 Å². The minimum Gasteiger partial charge on any atom is -0.493 e. The van der Waals surface area contributed by atoms with Crippen LogP contribution < -0.4 is 5.48 Å². The van der Waals surface area contributed by atoms with Crippen molar-refractivity contribution in [1.82, 2.24) is 14.9 Å². The molecule has 25 heavy (non-hydrogen) atoms. The van der Waals surface area contributed by atoms with E-state index in [2.05, 4.69) is 25.4 Å². The third kappa shape index (κ3) is 3.93. The number of hydrogen-bond acceptors (Lipinski definition) is 6. The van der Waals surface area contributed by atoms with Crippen LogP contribution >= 0.6 is 12.2 Å². The van der Waals surface area contributed by atoms with E-state index < -0.39 is 5.82 Å². The number of azo groups is 1. The van der Waals surface area contributed by atoms with E-state index >= 15 is 0 Å². The van der Waals surface area contributed by atoms with Crippen LogP contribution in [0.1, 0.15) is 0 Å². The van der Waals surface area contributed by atoms with Crippen LogP contribution in [-0.4, -0.2) is 53.1 Å². The number of hydrogen-bond donors (Lipinski definition) is 2. The number of fused-ring (bicyclic) bond motifs is 1. The fraction of sp³-hybridized carbons (Fsp3) is 0.400. The Bertz CT molecular complexity index is 804. The lowest BCUT2D eigenvalue weighted by molar-refractivity contribution is 0.0231. The molecule has 10 heteroatoms. The normalized spacial score (nSPS) is 15.9. The van der Waals surface area contributed by atoms with Crippen LogP contribution in [0.15, 0.2) is 28.4 Å². The van der Waals surface area contributed by atoms with Gasteiger partial charge in [0.25, 0.3) is 0 Å². The molecule has 8 nitrogen and oxygen atoms in total. The number of nitrogens with one attached hydrogen (secondary N) is 1. The molecular formula is C15H18FN5O3S. The van der Waals surface area contributed by atoms with Gasteiger partial charge >= 0.3 is 0 Å². The first-order valence-corrected chi connectivity index (χ1v) is 8.06. The van der Waals surface area contributed by atoms with Gasteiger partial charge in [-0.3, -0.25) is 14.3 Å². The standard InChI is InChI=1S/C15H18FN5O3S/c1-23-19-15(25)18-17-13-11-8-10(16)2-3-12(11)21(14(13)22)9-20-4-6-24-7-5-20/h2-3,8,22H,4-7,9H2,1H3,(H,19,25). The molecule has 1 aromatic carbocycles. The van der Waals surface area contributed by atoms with Crippen LogP contribution in [0.4, 0.5) is 10.1 Å². The molecule has 2 aromatic rings. The molecule has 0 amide bonds. The summed E-state index contributed by atoms with van der Waals surface area (Å²) in [5.41, 5.74) is 3.17. The average molecular weight is 367 g/mol. The second-order valence-electron chi connectivity index (χ2n) is 5.44. The lowest BCUT2D eigenvalue weighted by Gasteiger charge is -2.27. The molecule has 0 unspecified atom stereocenters. The van der Waals surface area contributed by atoms with Crippen molar-refractivity contribution in [2.24, 2.45) is 10.2 Å². The Balaban J connectivity index is 1.99. The van der Waals surface area contributed by atoms with Gasteiger partial charge in [-0.15, -0.1) is 10.2 Å². The Labute approximate surface area is 148 Å². The SMILES string of the molecule is CONC(=S)N=Nc1c(O)n(CN2CCOCC2)c2ccc(F)cc12. The van der Waals surface area contributed by atoms with E-state index in [1.807, 2.05) is 0 Å². The van der Waals surface area contributed by atoms with Crippen LogP contribution in [0.25, 0.3) is 10.9 Å². The fourth-order valence-corrected chi connectivity index (χ4v) is 2.81. The van der Waals surface area contributed by atoms with Gasteiger partial charge in [-0.2, -0.15) is 0 Å². The molecule has 0 spiro atoms. The topological polar surface area (TPSA) is 83.6 Å². The highest BCUT2D eigenvalue weighted by Gasteiger charge is 2.20. The van der Waals surface area contributed by atoms with E-state index in [-0.39, 0.29) is 16.7 Å². The van der Waals surface area contributed by atoms with E-state index in [9.17, 15) is 9.50 Å². The van der Waals surface area contributed by atoms with Crippen molar-refractivity contribution < 1.29 is 19.1 Å². The number of morpholine rings is 1. The summed E-state index contributed by atoms with van der Waals surface area (Å²) in [6.45, 7) is 3.21. The number of benzene rings is 1. The van der Waals surface area contributed by atoms with E-state index in [1.165, 1.54) is 19.2 Å². The summed E-state index contributed by atoms with van der Waals surface area (Å²) < 4.78 is 20.7. The Morgan fingerprint density at radius 1 is 1.44 bits per heavy atom. The molecule has 0 atom stereocenters. The molecule has 1 aromatic heterocycles. The van der Waals surface area contributed by atoms with Crippen LogP contribution in [0.3, 0.4) is 0 Å². The Morgan fingerprint density at radius 2 is 2.20 bits per heavy atom. The van der Waals surface area contributed by atoms with E-state index in [1.54, 1.807) is 10.6 Å². The van der Waals surface area contributed by atoms with E-state index in [4.69, 9.17) is 17.0 Å². The number of thiocarbonyl (C=S) groups is 1. The Morgan fingerprint density at radius 3 is 2.92 bits per heavy atom. The maximum absolute atomic E-state index is 13.7. The first kappa shape index (κ1) is 17.7. The quantitative estimate of drug-likeness (QED) is 0.490. The van der Waals surface area contributed by atoms with Gasteiger partial charge in [0.05, 0.1) is 32.5 Å². The van der Waals surface area contributed by atoms with Gasteiger partial charge in [0.1, 0.15) is 5.82 Å². The monoisotopic (exact) mass is 367 g/mol. The number of ether oxygens (including phenoxy) is 1. The van der Waals surface area contributed by atoms with Crippen molar-refractivity contribution in [3.8, 4) is 5.88 Å². The predicted octanol–water partition coefficient (Wildman–Crippen LogP) is 2.30. The Hall–Kier alpha value is -2.14. The molecule has 2 heterocycles. The van der Waals surface area contributed by atoms with Crippen LogP contribution in [-0.2, 0) is 16.2 Å². The molecule has 134 valence electrons. The maximum atomic E-state index is 13.7. The second-order valence-corrected chi connectivity index (χ2v) is 5.83. The Kier molecular flexibility index (Phi) is 5.53. The highest BCUT2D eigenvalue weighted by atomic mass is 32.1. The number of aromatic nitrogens is 1. The highest BCUT2D eigenvalue weighted by molar-refractivity contribution is 7.80. The zero-order valence-corrected chi connectivity index (χ0v) is 14.4. The number of aromatic hydroxyl groups is 1. The van der Waals surface area contributed by atoms with Crippen molar-refractivity contribution in [1.29, 1.82) is 0 Å².